The Morgan fingerprint density at radius 1 is 0.926 bits per heavy atom. The number of nitro groups is 2. The van der Waals surface area contributed by atoms with Gasteiger partial charge in [0.1, 0.15) is 11.4 Å². The Morgan fingerprint density at radius 3 is 2.11 bits per heavy atom. The van der Waals surface area contributed by atoms with Crippen molar-refractivity contribution in [3.05, 3.63) is 80.4 Å². The fraction of sp³-hybridized carbons (Fsp3) is 0.167. The number of para-hydroxylation sites is 3. The van der Waals surface area contributed by atoms with Crippen LogP contribution in [0, 0.1) is 20.2 Å². The molecule has 0 aliphatic rings. The molecular weight excluding hydrogens is 352 g/mol. The van der Waals surface area contributed by atoms with Gasteiger partial charge >= 0.3 is 5.69 Å². The molecule has 27 heavy (non-hydrogen) atoms. The van der Waals surface area contributed by atoms with Crippen LogP contribution >= 0.6 is 0 Å². The highest BCUT2D eigenvalue weighted by Gasteiger charge is 2.21. The lowest BCUT2D eigenvalue weighted by Crippen LogP contribution is -2.07. The van der Waals surface area contributed by atoms with Crippen molar-refractivity contribution in [3.63, 3.8) is 0 Å². The first-order valence-corrected chi connectivity index (χ1v) is 8.06. The number of benzene rings is 2. The molecule has 0 aliphatic heterocycles. The minimum Gasteiger partial charge on any atom is -0.376 e. The first kappa shape index (κ1) is 19.6. The Morgan fingerprint density at radius 2 is 1.52 bits per heavy atom. The standard InChI is InChI=1S/C18H18N4O5/c1-13(23)14-7-6-9-16(18(14)22(26)27)20-12-5-4-11-19-15-8-2-3-10-17(15)21(24)25/h2-10,19-20H,11-12H2,1H3/b5-4+. The van der Waals surface area contributed by atoms with Gasteiger partial charge in [-0.2, -0.15) is 0 Å². The van der Waals surface area contributed by atoms with Crippen molar-refractivity contribution < 1.29 is 14.6 Å². The van der Waals surface area contributed by atoms with Crippen LogP contribution in [0.1, 0.15) is 17.3 Å². The minimum absolute atomic E-state index is 0.0132. The van der Waals surface area contributed by atoms with E-state index in [1.165, 1.54) is 25.1 Å². The van der Waals surface area contributed by atoms with E-state index in [1.807, 2.05) is 0 Å². The van der Waals surface area contributed by atoms with Gasteiger partial charge in [-0.1, -0.05) is 30.4 Å². The van der Waals surface area contributed by atoms with Gasteiger partial charge in [0, 0.05) is 19.2 Å². The van der Waals surface area contributed by atoms with E-state index in [2.05, 4.69) is 10.6 Å². The second kappa shape index (κ2) is 9.09. The number of hydrogen-bond donors (Lipinski definition) is 2. The fourth-order valence-electron chi connectivity index (χ4n) is 2.45. The third-order valence-corrected chi connectivity index (χ3v) is 3.69. The Balaban J connectivity index is 1.96. The van der Waals surface area contributed by atoms with Crippen molar-refractivity contribution in [2.45, 2.75) is 6.92 Å². The van der Waals surface area contributed by atoms with Crippen LogP contribution in [0.5, 0.6) is 0 Å². The largest absolute Gasteiger partial charge is 0.376 e. The topological polar surface area (TPSA) is 127 Å². The van der Waals surface area contributed by atoms with E-state index >= 15 is 0 Å². The molecule has 2 rings (SSSR count). The molecule has 9 nitrogen and oxygen atoms in total. The van der Waals surface area contributed by atoms with Gasteiger partial charge in [-0.25, -0.2) is 0 Å². The van der Waals surface area contributed by atoms with Gasteiger partial charge in [-0.3, -0.25) is 25.0 Å². The van der Waals surface area contributed by atoms with Crippen molar-refractivity contribution in [1.29, 1.82) is 0 Å². The molecule has 0 heterocycles. The van der Waals surface area contributed by atoms with Crippen molar-refractivity contribution in [1.82, 2.24) is 0 Å². The predicted octanol–water partition coefficient (Wildman–Crippen LogP) is 3.79. The quantitative estimate of drug-likeness (QED) is 0.297. The number of Topliss-reactive ketones (excluding diaryl/α,β-unsaturated/α-hetero) is 1. The van der Waals surface area contributed by atoms with Crippen LogP contribution in [0.2, 0.25) is 0 Å². The van der Waals surface area contributed by atoms with Crippen LogP contribution < -0.4 is 10.6 Å². The van der Waals surface area contributed by atoms with Gasteiger partial charge in [0.2, 0.25) is 0 Å². The molecule has 2 N–H and O–H groups in total. The van der Waals surface area contributed by atoms with Crippen molar-refractivity contribution >= 4 is 28.5 Å². The molecule has 0 atom stereocenters. The highest BCUT2D eigenvalue weighted by Crippen LogP contribution is 2.28. The van der Waals surface area contributed by atoms with Crippen LogP contribution in [0.25, 0.3) is 0 Å². The van der Waals surface area contributed by atoms with E-state index in [4.69, 9.17) is 0 Å². The van der Waals surface area contributed by atoms with Crippen LogP contribution in [0.3, 0.4) is 0 Å². The van der Waals surface area contributed by atoms with E-state index < -0.39 is 9.85 Å². The van der Waals surface area contributed by atoms with Crippen molar-refractivity contribution in [3.8, 4) is 0 Å². The van der Waals surface area contributed by atoms with Gasteiger partial charge in [-0.15, -0.1) is 0 Å². The summed E-state index contributed by atoms with van der Waals surface area (Å²) in [6, 6.07) is 10.8. The molecule has 0 saturated carbocycles. The molecule has 2 aromatic carbocycles. The maximum Gasteiger partial charge on any atom is 0.303 e. The van der Waals surface area contributed by atoms with Crippen molar-refractivity contribution in [2.24, 2.45) is 0 Å². The van der Waals surface area contributed by atoms with Gasteiger partial charge in [0.25, 0.3) is 5.69 Å². The normalized spacial score (nSPS) is 10.6. The van der Waals surface area contributed by atoms with Crippen molar-refractivity contribution in [2.75, 3.05) is 23.7 Å². The Hall–Kier alpha value is -3.75. The summed E-state index contributed by atoms with van der Waals surface area (Å²) in [6.07, 6.45) is 3.47. The summed E-state index contributed by atoms with van der Waals surface area (Å²) in [7, 11) is 0. The zero-order valence-corrected chi connectivity index (χ0v) is 14.5. The third-order valence-electron chi connectivity index (χ3n) is 3.69. The molecule has 0 saturated heterocycles. The molecule has 2 aromatic rings. The summed E-state index contributed by atoms with van der Waals surface area (Å²) in [4.78, 5) is 32.7. The summed E-state index contributed by atoms with van der Waals surface area (Å²) < 4.78 is 0. The predicted molar refractivity (Wildman–Crippen MR) is 102 cm³/mol. The summed E-state index contributed by atoms with van der Waals surface area (Å²) in [5.74, 6) is -0.380. The zero-order chi connectivity index (χ0) is 19.8. The lowest BCUT2D eigenvalue weighted by molar-refractivity contribution is -0.384. The lowest BCUT2D eigenvalue weighted by Gasteiger charge is -2.07. The number of ketones is 1. The fourth-order valence-corrected chi connectivity index (χ4v) is 2.45. The first-order valence-electron chi connectivity index (χ1n) is 8.06. The average Bonchev–Trinajstić information content (AvgIpc) is 2.64. The van der Waals surface area contributed by atoms with E-state index in [-0.39, 0.29) is 28.4 Å². The molecule has 0 aliphatic carbocycles. The number of nitrogens with one attached hydrogen (secondary N) is 2. The van der Waals surface area contributed by atoms with Crippen LogP contribution in [0.4, 0.5) is 22.7 Å². The molecule has 0 unspecified atom stereocenters. The summed E-state index contributed by atoms with van der Waals surface area (Å²) in [5.41, 5.74) is 0.443. The van der Waals surface area contributed by atoms with Gasteiger partial charge < -0.3 is 10.6 Å². The number of carbonyl (C=O) groups is 1. The Kier molecular flexibility index (Phi) is 6.59. The van der Waals surface area contributed by atoms with Gasteiger partial charge in [0.15, 0.2) is 5.78 Å². The number of hydrogen-bond acceptors (Lipinski definition) is 7. The molecular formula is C18H18N4O5. The molecule has 0 amide bonds. The maximum absolute atomic E-state index is 11.5. The number of anilines is 2. The summed E-state index contributed by atoms with van der Waals surface area (Å²) >= 11 is 0. The second-order valence-corrected chi connectivity index (χ2v) is 5.52. The maximum atomic E-state index is 11.5. The minimum atomic E-state index is -0.584. The molecule has 9 heteroatoms. The SMILES string of the molecule is CC(=O)c1cccc(NC/C=C/CNc2ccccc2[N+](=O)[O-])c1[N+](=O)[O-]. The lowest BCUT2D eigenvalue weighted by atomic mass is 10.1. The first-order chi connectivity index (χ1) is 12.9. The van der Waals surface area contributed by atoms with Crippen LogP contribution in [-0.4, -0.2) is 28.7 Å². The smallest absolute Gasteiger partial charge is 0.303 e. The van der Waals surface area contributed by atoms with E-state index in [0.29, 0.717) is 18.8 Å². The average molecular weight is 370 g/mol. The Labute approximate surface area is 155 Å². The van der Waals surface area contributed by atoms with Gasteiger partial charge in [0.05, 0.1) is 15.4 Å². The number of carbonyl (C=O) groups excluding carboxylic acids is 1. The summed E-state index contributed by atoms with van der Waals surface area (Å²) in [5, 5.41) is 28.0. The monoisotopic (exact) mass is 370 g/mol. The number of rotatable bonds is 9. The molecule has 0 fully saturated rings. The molecule has 0 spiro atoms. The summed E-state index contributed by atoms with van der Waals surface area (Å²) in [6.45, 7) is 1.92. The number of nitrogens with zero attached hydrogens (tertiary/aromatic N) is 2. The molecule has 0 bridgehead atoms. The molecule has 0 aromatic heterocycles. The number of nitro benzene ring substituents is 2. The van der Waals surface area contributed by atoms with Gasteiger partial charge in [-0.05, 0) is 25.1 Å². The van der Waals surface area contributed by atoms with E-state index in [1.54, 1.807) is 36.4 Å². The highest BCUT2D eigenvalue weighted by molar-refractivity contribution is 6.00. The highest BCUT2D eigenvalue weighted by atomic mass is 16.6. The molecule has 0 radical (unpaired) electrons. The van der Waals surface area contributed by atoms with E-state index in [0.717, 1.165) is 0 Å². The second-order valence-electron chi connectivity index (χ2n) is 5.52. The third kappa shape index (κ3) is 5.11. The Bertz CT molecular complexity index is 895. The van der Waals surface area contributed by atoms with Crippen LogP contribution in [0.15, 0.2) is 54.6 Å². The van der Waals surface area contributed by atoms with Crippen LogP contribution in [-0.2, 0) is 0 Å². The zero-order valence-electron chi connectivity index (χ0n) is 14.5. The van der Waals surface area contributed by atoms with E-state index in [9.17, 15) is 25.0 Å². The molecule has 140 valence electrons.